The largest absolute Gasteiger partial charge is 0.465 e. The van der Waals surface area contributed by atoms with E-state index in [4.69, 9.17) is 4.74 Å². The van der Waals surface area contributed by atoms with Crippen LogP contribution in [-0.4, -0.2) is 69.8 Å². The zero-order chi connectivity index (χ0) is 25.8. The van der Waals surface area contributed by atoms with E-state index < -0.39 is 12.2 Å². The Morgan fingerprint density at radius 2 is 1.78 bits per heavy atom. The van der Waals surface area contributed by atoms with Crippen LogP contribution in [0.4, 0.5) is 21.4 Å². The van der Waals surface area contributed by atoms with Crippen LogP contribution >= 0.6 is 0 Å². The Hall–Kier alpha value is -3.40. The lowest BCUT2D eigenvalue weighted by Gasteiger charge is -2.39. The van der Waals surface area contributed by atoms with Gasteiger partial charge in [0.05, 0.1) is 11.6 Å². The number of nitrogens with one attached hydrogen (secondary N) is 1. The van der Waals surface area contributed by atoms with Gasteiger partial charge in [-0.15, -0.1) is 0 Å². The number of ether oxygens (including phenoxy) is 1. The molecule has 0 bridgehead atoms. The van der Waals surface area contributed by atoms with Crippen molar-refractivity contribution < 1.29 is 19.4 Å². The van der Waals surface area contributed by atoms with Crippen molar-refractivity contribution in [3.8, 4) is 0 Å². The topological polar surface area (TPSA) is 111 Å². The van der Waals surface area contributed by atoms with Gasteiger partial charge in [-0.05, 0) is 37.3 Å². The normalized spacial score (nSPS) is 18.0. The van der Waals surface area contributed by atoms with E-state index in [9.17, 15) is 14.7 Å². The van der Waals surface area contributed by atoms with Crippen LogP contribution in [0.1, 0.15) is 62.9 Å². The molecule has 36 heavy (non-hydrogen) atoms. The summed E-state index contributed by atoms with van der Waals surface area (Å²) in [5, 5.41) is 12.6. The van der Waals surface area contributed by atoms with E-state index in [0.717, 1.165) is 30.6 Å². The molecule has 2 aliphatic rings. The first-order valence-corrected chi connectivity index (χ1v) is 12.6. The van der Waals surface area contributed by atoms with E-state index in [-0.39, 0.29) is 18.7 Å². The fourth-order valence-corrected chi connectivity index (χ4v) is 4.84. The predicted octanol–water partition coefficient (Wildman–Crippen LogP) is 4.51. The molecule has 4 rings (SSSR count). The highest BCUT2D eigenvalue weighted by atomic mass is 16.6. The van der Waals surface area contributed by atoms with Gasteiger partial charge in [0.15, 0.2) is 0 Å². The Morgan fingerprint density at radius 1 is 1.11 bits per heavy atom. The van der Waals surface area contributed by atoms with Crippen molar-refractivity contribution >= 4 is 24.0 Å². The number of nitrogens with zero attached hydrogens (tertiary/aromatic N) is 5. The van der Waals surface area contributed by atoms with Crippen LogP contribution in [0.2, 0.25) is 0 Å². The van der Waals surface area contributed by atoms with Crippen LogP contribution in [0.5, 0.6) is 0 Å². The van der Waals surface area contributed by atoms with Crippen molar-refractivity contribution in [2.24, 2.45) is 5.92 Å². The maximum Gasteiger partial charge on any atom is 0.415 e. The molecule has 0 saturated carbocycles. The summed E-state index contributed by atoms with van der Waals surface area (Å²) in [6.45, 7) is 11.6. The lowest BCUT2D eigenvalue weighted by molar-refractivity contribution is 0.0784. The predicted molar refractivity (Wildman–Crippen MR) is 137 cm³/mol. The van der Waals surface area contributed by atoms with Gasteiger partial charge in [-0.1, -0.05) is 38.1 Å². The van der Waals surface area contributed by atoms with E-state index in [0.29, 0.717) is 37.3 Å². The van der Waals surface area contributed by atoms with Gasteiger partial charge in [0, 0.05) is 45.0 Å². The lowest BCUT2D eigenvalue weighted by Crippen LogP contribution is -2.49. The molecule has 0 spiro atoms. The van der Waals surface area contributed by atoms with Gasteiger partial charge < -0.3 is 20.1 Å². The summed E-state index contributed by atoms with van der Waals surface area (Å²) < 4.78 is 5.17. The molecule has 2 N–H and O–H groups in total. The highest BCUT2D eigenvalue weighted by Gasteiger charge is 2.28. The highest BCUT2D eigenvalue weighted by Crippen LogP contribution is 2.31. The standard InChI is InChI=1S/C26H36N6O4/c1-5-32-23-21(16-36-26(32)35)15-27-24(29-23)28-18(4)19-6-8-20(9-7-19)22(14-17(2)3)30-10-12-31(13-11-30)25(33)34/h6-9,15,17-18,22H,5,10-14,16H2,1-4H3,(H,33,34)(H,27,28,29)/t18-,22?/m0/s1. The number of piperazine rings is 1. The van der Waals surface area contributed by atoms with Crippen LogP contribution in [-0.2, 0) is 11.3 Å². The molecule has 2 aromatic rings. The number of hydrogen-bond acceptors (Lipinski definition) is 7. The van der Waals surface area contributed by atoms with Gasteiger partial charge in [0.1, 0.15) is 12.4 Å². The monoisotopic (exact) mass is 496 g/mol. The van der Waals surface area contributed by atoms with E-state index in [2.05, 4.69) is 65.2 Å². The Labute approximate surface area is 212 Å². The first kappa shape index (κ1) is 25.7. The molecule has 1 fully saturated rings. The third-order valence-electron chi connectivity index (χ3n) is 6.87. The number of carbonyl (C=O) groups excluding carboxylic acids is 1. The number of rotatable bonds is 8. The third-order valence-corrected chi connectivity index (χ3v) is 6.87. The molecule has 194 valence electrons. The molecule has 3 heterocycles. The van der Waals surface area contributed by atoms with Crippen LogP contribution in [0.15, 0.2) is 30.5 Å². The van der Waals surface area contributed by atoms with Crippen molar-refractivity contribution in [3.05, 3.63) is 47.2 Å². The summed E-state index contributed by atoms with van der Waals surface area (Å²) in [6, 6.07) is 8.82. The van der Waals surface area contributed by atoms with Gasteiger partial charge >= 0.3 is 12.2 Å². The van der Waals surface area contributed by atoms with Crippen molar-refractivity contribution in [2.75, 3.05) is 42.9 Å². The minimum atomic E-state index is -0.842. The molecule has 2 amide bonds. The number of carbonyl (C=O) groups is 2. The Bertz CT molecular complexity index is 1070. The minimum absolute atomic E-state index is 0.0367. The molecule has 1 unspecified atom stereocenters. The van der Waals surface area contributed by atoms with E-state index in [1.807, 2.05) is 6.92 Å². The Kier molecular flexibility index (Phi) is 7.93. The Morgan fingerprint density at radius 3 is 2.39 bits per heavy atom. The van der Waals surface area contributed by atoms with Gasteiger partial charge in [-0.25, -0.2) is 14.6 Å². The first-order valence-electron chi connectivity index (χ1n) is 12.6. The summed E-state index contributed by atoms with van der Waals surface area (Å²) in [6.07, 6.45) is 1.49. The number of hydrogen-bond donors (Lipinski definition) is 2. The summed E-state index contributed by atoms with van der Waals surface area (Å²) in [4.78, 5) is 37.8. The average Bonchev–Trinajstić information content (AvgIpc) is 2.87. The summed E-state index contributed by atoms with van der Waals surface area (Å²) in [7, 11) is 0. The second-order valence-electron chi connectivity index (χ2n) is 9.82. The second kappa shape index (κ2) is 11.1. The van der Waals surface area contributed by atoms with Crippen molar-refractivity contribution in [1.82, 2.24) is 19.8 Å². The van der Waals surface area contributed by atoms with Gasteiger partial charge in [-0.2, -0.15) is 4.98 Å². The number of amides is 2. The molecular formula is C26H36N6O4. The van der Waals surface area contributed by atoms with Crippen LogP contribution in [0.25, 0.3) is 0 Å². The maximum absolute atomic E-state index is 12.0. The van der Waals surface area contributed by atoms with E-state index >= 15 is 0 Å². The zero-order valence-electron chi connectivity index (χ0n) is 21.5. The van der Waals surface area contributed by atoms with Crippen molar-refractivity contribution in [3.63, 3.8) is 0 Å². The fourth-order valence-electron chi connectivity index (χ4n) is 4.84. The molecule has 2 aliphatic heterocycles. The number of anilines is 2. The molecule has 2 atom stereocenters. The van der Waals surface area contributed by atoms with Gasteiger partial charge in [0.2, 0.25) is 5.95 Å². The smallest absolute Gasteiger partial charge is 0.415 e. The number of carboxylic acid groups (broad SMARTS) is 1. The molecule has 0 radical (unpaired) electrons. The van der Waals surface area contributed by atoms with Crippen molar-refractivity contribution in [2.45, 2.75) is 52.8 Å². The maximum atomic E-state index is 12.0. The molecule has 10 nitrogen and oxygen atoms in total. The molecule has 10 heteroatoms. The van der Waals surface area contributed by atoms with Crippen LogP contribution in [0.3, 0.4) is 0 Å². The third kappa shape index (κ3) is 5.70. The van der Waals surface area contributed by atoms with Gasteiger partial charge in [0.25, 0.3) is 0 Å². The Balaban J connectivity index is 1.46. The minimum Gasteiger partial charge on any atom is -0.465 e. The average molecular weight is 497 g/mol. The number of benzene rings is 1. The molecule has 1 aromatic heterocycles. The quantitative estimate of drug-likeness (QED) is 0.549. The fraction of sp³-hybridized carbons (Fsp3) is 0.538. The SMILES string of the molecule is CCN1C(=O)OCc2cnc(N[C@@H](C)c3ccc(C(CC(C)C)N4CCN(C(=O)O)CC4)cc3)nc21. The van der Waals surface area contributed by atoms with E-state index in [1.54, 1.807) is 6.20 Å². The van der Waals surface area contributed by atoms with Crippen molar-refractivity contribution in [1.29, 1.82) is 0 Å². The first-order chi connectivity index (χ1) is 17.3. The van der Waals surface area contributed by atoms with Crippen LogP contribution < -0.4 is 10.2 Å². The number of fused-ring (bicyclic) bond motifs is 1. The second-order valence-corrected chi connectivity index (χ2v) is 9.82. The molecular weight excluding hydrogens is 460 g/mol. The summed E-state index contributed by atoms with van der Waals surface area (Å²) in [5.41, 5.74) is 3.13. The zero-order valence-corrected chi connectivity index (χ0v) is 21.5. The number of cyclic esters (lactones) is 1. The molecule has 1 saturated heterocycles. The van der Waals surface area contributed by atoms with Crippen LogP contribution in [0, 0.1) is 5.92 Å². The summed E-state index contributed by atoms with van der Waals surface area (Å²) >= 11 is 0. The molecule has 1 aromatic carbocycles. The van der Waals surface area contributed by atoms with Gasteiger partial charge in [-0.3, -0.25) is 9.80 Å². The van der Waals surface area contributed by atoms with E-state index in [1.165, 1.54) is 15.4 Å². The number of aromatic nitrogens is 2. The summed E-state index contributed by atoms with van der Waals surface area (Å²) in [5.74, 6) is 1.58. The molecule has 0 aliphatic carbocycles. The lowest BCUT2D eigenvalue weighted by atomic mass is 9.93. The highest BCUT2D eigenvalue weighted by molar-refractivity contribution is 5.89.